The molecule has 0 saturated carbocycles. The van der Waals surface area contributed by atoms with Crippen LogP contribution in [0.25, 0.3) is 0 Å². The first-order valence-electron chi connectivity index (χ1n) is 10.8. The molecule has 0 radical (unpaired) electrons. The standard InChI is InChI=1S/C13H22N2O3S.C9H19NO/c1-4-7-19-10-8-12(17)15(13(10)18)6-5-11(16)14-9(2)3;1-7(2)8(11)10-6-9(3,4)5/h9-10H,4-8H2,1-3H3,(H,14,16);7H,6H2,1-5H3,(H,10,11). The molecule has 0 spiro atoms. The fourth-order valence-corrected chi connectivity index (χ4v) is 3.49. The molecule has 1 rings (SSSR count). The van der Waals surface area contributed by atoms with E-state index < -0.39 is 0 Å². The van der Waals surface area contributed by atoms with Crippen LogP contribution < -0.4 is 10.6 Å². The van der Waals surface area contributed by atoms with E-state index in [0.717, 1.165) is 18.7 Å². The predicted octanol–water partition coefficient (Wildman–Crippen LogP) is 2.98. The van der Waals surface area contributed by atoms with Crippen molar-refractivity contribution >= 4 is 35.4 Å². The van der Waals surface area contributed by atoms with Gasteiger partial charge in [0.25, 0.3) is 0 Å². The normalized spacial score (nSPS) is 16.6. The second-order valence-corrected chi connectivity index (χ2v) is 10.7. The summed E-state index contributed by atoms with van der Waals surface area (Å²) < 4.78 is 0. The van der Waals surface area contributed by atoms with Crippen molar-refractivity contribution in [2.45, 2.75) is 85.9 Å². The zero-order valence-corrected chi connectivity index (χ0v) is 20.8. The summed E-state index contributed by atoms with van der Waals surface area (Å²) in [7, 11) is 0. The first-order chi connectivity index (χ1) is 13.8. The van der Waals surface area contributed by atoms with Gasteiger partial charge in [0.2, 0.25) is 23.6 Å². The van der Waals surface area contributed by atoms with E-state index in [2.05, 4.69) is 31.4 Å². The maximum atomic E-state index is 12.0. The van der Waals surface area contributed by atoms with Gasteiger partial charge >= 0.3 is 0 Å². The molecule has 1 atom stereocenters. The molecule has 8 heteroatoms. The number of thioether (sulfide) groups is 1. The molecule has 1 aliphatic rings. The van der Waals surface area contributed by atoms with Crippen molar-refractivity contribution in [3.63, 3.8) is 0 Å². The highest BCUT2D eigenvalue weighted by atomic mass is 32.2. The van der Waals surface area contributed by atoms with E-state index in [1.165, 1.54) is 16.7 Å². The molecule has 0 aromatic carbocycles. The van der Waals surface area contributed by atoms with Gasteiger partial charge in [0.15, 0.2) is 0 Å². The van der Waals surface area contributed by atoms with Gasteiger partial charge in [-0.3, -0.25) is 24.1 Å². The average molecular weight is 444 g/mol. The van der Waals surface area contributed by atoms with E-state index in [4.69, 9.17) is 0 Å². The van der Waals surface area contributed by atoms with Crippen LogP contribution in [-0.4, -0.2) is 58.7 Å². The average Bonchev–Trinajstić information content (AvgIpc) is 2.88. The van der Waals surface area contributed by atoms with Crippen molar-refractivity contribution in [3.8, 4) is 0 Å². The molecule has 0 bridgehead atoms. The van der Waals surface area contributed by atoms with Crippen LogP contribution in [0, 0.1) is 11.3 Å². The van der Waals surface area contributed by atoms with Gasteiger partial charge in [-0.2, -0.15) is 0 Å². The van der Waals surface area contributed by atoms with Crippen LogP contribution >= 0.6 is 11.8 Å². The lowest BCUT2D eigenvalue weighted by Gasteiger charge is -2.19. The van der Waals surface area contributed by atoms with Crippen LogP contribution in [0.3, 0.4) is 0 Å². The molecule has 2 N–H and O–H groups in total. The van der Waals surface area contributed by atoms with E-state index in [-0.39, 0.29) is 65.6 Å². The van der Waals surface area contributed by atoms with E-state index in [9.17, 15) is 19.2 Å². The third kappa shape index (κ3) is 12.2. The third-order valence-corrected chi connectivity index (χ3v) is 5.47. The molecule has 1 unspecified atom stereocenters. The Bertz CT molecular complexity index is 585. The smallest absolute Gasteiger partial charge is 0.242 e. The van der Waals surface area contributed by atoms with Crippen molar-refractivity contribution in [3.05, 3.63) is 0 Å². The molecule has 174 valence electrons. The van der Waals surface area contributed by atoms with Crippen molar-refractivity contribution in [1.82, 2.24) is 15.5 Å². The summed E-state index contributed by atoms with van der Waals surface area (Å²) in [4.78, 5) is 47.6. The minimum atomic E-state index is -0.249. The number of hydrogen-bond donors (Lipinski definition) is 2. The monoisotopic (exact) mass is 443 g/mol. The van der Waals surface area contributed by atoms with Gasteiger partial charge in [0.1, 0.15) is 0 Å². The highest BCUT2D eigenvalue weighted by molar-refractivity contribution is 8.00. The topological polar surface area (TPSA) is 95.6 Å². The zero-order valence-electron chi connectivity index (χ0n) is 20.0. The lowest BCUT2D eigenvalue weighted by molar-refractivity contribution is -0.138. The molecule has 7 nitrogen and oxygen atoms in total. The van der Waals surface area contributed by atoms with Crippen LogP contribution in [-0.2, 0) is 19.2 Å². The fourth-order valence-electron chi connectivity index (χ4n) is 2.44. The number of nitrogens with zero attached hydrogens (tertiary/aromatic N) is 1. The number of likely N-dealkylation sites (tertiary alicyclic amines) is 1. The highest BCUT2D eigenvalue weighted by Crippen LogP contribution is 2.25. The molecular weight excluding hydrogens is 402 g/mol. The van der Waals surface area contributed by atoms with Crippen LogP contribution in [0.1, 0.15) is 74.7 Å². The first-order valence-corrected chi connectivity index (χ1v) is 11.9. The number of carbonyl (C=O) groups excluding carboxylic acids is 4. The Hall–Kier alpha value is -1.57. The third-order valence-electron chi connectivity index (χ3n) is 4.06. The molecule has 0 aliphatic carbocycles. The Morgan fingerprint density at radius 2 is 1.77 bits per heavy atom. The molecule has 0 aromatic heterocycles. The second kappa shape index (κ2) is 13.7. The molecular formula is C22H41N3O4S. The summed E-state index contributed by atoms with van der Waals surface area (Å²) in [5.74, 6) is 0.694. The summed E-state index contributed by atoms with van der Waals surface area (Å²) in [6, 6.07) is 0.0744. The summed E-state index contributed by atoms with van der Waals surface area (Å²) in [5, 5.41) is 5.38. The number of rotatable bonds is 9. The Morgan fingerprint density at radius 3 is 2.23 bits per heavy atom. The minimum Gasteiger partial charge on any atom is -0.355 e. The zero-order chi connectivity index (χ0) is 23.5. The van der Waals surface area contributed by atoms with Gasteiger partial charge in [0, 0.05) is 37.9 Å². The SMILES string of the molecule is CC(C)C(=O)NCC(C)(C)C.CCCSC1CC(=O)N(CCC(=O)NC(C)C)C1=O. The lowest BCUT2D eigenvalue weighted by atomic mass is 9.97. The van der Waals surface area contributed by atoms with Crippen molar-refractivity contribution < 1.29 is 19.2 Å². The molecule has 30 heavy (non-hydrogen) atoms. The summed E-state index contributed by atoms with van der Waals surface area (Å²) in [5.41, 5.74) is 0.185. The van der Waals surface area contributed by atoms with Gasteiger partial charge in [-0.1, -0.05) is 41.5 Å². The first kappa shape index (κ1) is 28.4. The molecule has 1 fully saturated rings. The minimum absolute atomic E-state index is 0.0744. The Morgan fingerprint density at radius 1 is 1.17 bits per heavy atom. The van der Waals surface area contributed by atoms with Crippen molar-refractivity contribution in [2.24, 2.45) is 11.3 Å². The van der Waals surface area contributed by atoms with E-state index in [0.29, 0.717) is 0 Å². The van der Waals surface area contributed by atoms with Gasteiger partial charge in [-0.15, -0.1) is 11.8 Å². The number of carbonyl (C=O) groups is 4. The van der Waals surface area contributed by atoms with E-state index in [1.807, 2.05) is 34.6 Å². The summed E-state index contributed by atoms with van der Waals surface area (Å²) >= 11 is 1.53. The Balaban J connectivity index is 0.000000654. The maximum Gasteiger partial charge on any atom is 0.242 e. The van der Waals surface area contributed by atoms with Gasteiger partial charge in [-0.05, 0) is 31.4 Å². The van der Waals surface area contributed by atoms with Crippen LogP contribution in [0.15, 0.2) is 0 Å². The maximum absolute atomic E-state index is 12.0. The van der Waals surface area contributed by atoms with Crippen molar-refractivity contribution in [1.29, 1.82) is 0 Å². The summed E-state index contributed by atoms with van der Waals surface area (Å²) in [6.07, 6.45) is 1.44. The number of imide groups is 1. The second-order valence-electron chi connectivity index (χ2n) is 9.35. The highest BCUT2D eigenvalue weighted by Gasteiger charge is 2.38. The Labute approximate surface area is 186 Å². The van der Waals surface area contributed by atoms with E-state index in [1.54, 1.807) is 0 Å². The van der Waals surface area contributed by atoms with Gasteiger partial charge < -0.3 is 10.6 Å². The van der Waals surface area contributed by atoms with E-state index >= 15 is 0 Å². The quantitative estimate of drug-likeness (QED) is 0.534. The van der Waals surface area contributed by atoms with Crippen LogP contribution in [0.2, 0.25) is 0 Å². The number of amides is 4. The molecule has 1 heterocycles. The fraction of sp³-hybridized carbons (Fsp3) is 0.818. The number of nitrogens with one attached hydrogen (secondary N) is 2. The lowest BCUT2D eigenvalue weighted by Crippen LogP contribution is -2.37. The number of hydrogen-bond acceptors (Lipinski definition) is 5. The van der Waals surface area contributed by atoms with Gasteiger partial charge in [0.05, 0.1) is 5.25 Å². The largest absolute Gasteiger partial charge is 0.355 e. The molecule has 1 aliphatic heterocycles. The van der Waals surface area contributed by atoms with Crippen LogP contribution in [0.4, 0.5) is 0 Å². The molecule has 1 saturated heterocycles. The molecule has 0 aromatic rings. The van der Waals surface area contributed by atoms with Crippen LogP contribution in [0.5, 0.6) is 0 Å². The molecule has 4 amide bonds. The Kier molecular flexibility index (Phi) is 13.0. The summed E-state index contributed by atoms with van der Waals surface area (Å²) in [6.45, 7) is 16.9. The van der Waals surface area contributed by atoms with Crippen molar-refractivity contribution in [2.75, 3.05) is 18.8 Å². The predicted molar refractivity (Wildman–Crippen MR) is 123 cm³/mol. The van der Waals surface area contributed by atoms with Gasteiger partial charge in [-0.25, -0.2) is 0 Å².